The van der Waals surface area contributed by atoms with Crippen molar-refractivity contribution in [2.24, 2.45) is 0 Å². The highest BCUT2D eigenvalue weighted by Gasteiger charge is 2.26. The Balaban J connectivity index is 1.62. The van der Waals surface area contributed by atoms with Crippen LogP contribution < -0.4 is 10.1 Å². The molecule has 0 fully saturated rings. The van der Waals surface area contributed by atoms with E-state index in [4.69, 9.17) is 16.3 Å². The fourth-order valence-corrected chi connectivity index (χ4v) is 3.87. The Bertz CT molecular complexity index is 912. The van der Waals surface area contributed by atoms with E-state index in [1.165, 1.54) is 18.4 Å². The largest absolute Gasteiger partial charge is 0.484 e. The number of benzene rings is 2. The Kier molecular flexibility index (Phi) is 9.17. The molecule has 1 N–H and O–H groups in total. The third-order valence-electron chi connectivity index (χ3n) is 5.67. The zero-order chi connectivity index (χ0) is 22.8. The maximum atomic E-state index is 13.0. The van der Waals surface area contributed by atoms with Gasteiger partial charge in [0.2, 0.25) is 5.91 Å². The van der Waals surface area contributed by atoms with Gasteiger partial charge in [0, 0.05) is 18.1 Å². The van der Waals surface area contributed by atoms with E-state index in [9.17, 15) is 9.59 Å². The zero-order valence-corrected chi connectivity index (χ0v) is 19.3. The number of hydrogen-bond acceptors (Lipinski definition) is 3. The summed E-state index contributed by atoms with van der Waals surface area (Å²) in [5.41, 5.74) is 2.31. The number of nitrogens with zero attached hydrogens (tertiary/aromatic N) is 1. The maximum Gasteiger partial charge on any atom is 0.261 e. The van der Waals surface area contributed by atoms with Crippen molar-refractivity contribution in [3.63, 3.8) is 0 Å². The molecule has 0 aliphatic heterocycles. The molecule has 5 nitrogen and oxygen atoms in total. The summed E-state index contributed by atoms with van der Waals surface area (Å²) < 4.78 is 5.64. The van der Waals surface area contributed by atoms with Crippen molar-refractivity contribution in [2.75, 3.05) is 13.2 Å². The maximum absolute atomic E-state index is 13.0. The van der Waals surface area contributed by atoms with Gasteiger partial charge in [-0.25, -0.2) is 0 Å². The Morgan fingerprint density at radius 2 is 1.84 bits per heavy atom. The molecule has 32 heavy (non-hydrogen) atoms. The normalized spacial score (nSPS) is 14.2. The minimum atomic E-state index is -0.627. The van der Waals surface area contributed by atoms with Crippen LogP contribution in [0.1, 0.15) is 44.6 Å². The first-order valence-electron chi connectivity index (χ1n) is 11.2. The molecule has 0 unspecified atom stereocenters. The molecule has 0 aromatic heterocycles. The fourth-order valence-electron chi connectivity index (χ4n) is 3.74. The van der Waals surface area contributed by atoms with E-state index in [1.54, 1.807) is 36.1 Å². The van der Waals surface area contributed by atoms with Crippen LogP contribution in [0.5, 0.6) is 5.75 Å². The first-order valence-corrected chi connectivity index (χ1v) is 11.6. The molecule has 2 aromatic carbocycles. The van der Waals surface area contributed by atoms with Gasteiger partial charge in [0.05, 0.1) is 0 Å². The summed E-state index contributed by atoms with van der Waals surface area (Å²) in [5.74, 6) is 0.204. The molecular formula is C26H31ClN2O3. The molecule has 1 aliphatic carbocycles. The smallest absolute Gasteiger partial charge is 0.261 e. The van der Waals surface area contributed by atoms with Gasteiger partial charge < -0.3 is 15.0 Å². The summed E-state index contributed by atoms with van der Waals surface area (Å²) in [6.07, 6.45) is 7.87. The molecule has 0 saturated heterocycles. The summed E-state index contributed by atoms with van der Waals surface area (Å²) in [6, 6.07) is 15.8. The summed E-state index contributed by atoms with van der Waals surface area (Å²) in [7, 11) is 0. The van der Waals surface area contributed by atoms with Crippen LogP contribution in [0, 0.1) is 0 Å². The van der Waals surface area contributed by atoms with Crippen LogP contribution in [0.25, 0.3) is 0 Å². The molecule has 3 rings (SSSR count). The second-order valence-corrected chi connectivity index (χ2v) is 8.51. The first kappa shape index (κ1) is 23.9. The molecule has 0 heterocycles. The Morgan fingerprint density at radius 3 is 2.53 bits per heavy atom. The summed E-state index contributed by atoms with van der Waals surface area (Å²) in [5, 5.41) is 3.62. The molecular weight excluding hydrogens is 424 g/mol. The number of amides is 2. The Labute approximate surface area is 195 Å². The molecule has 0 bridgehead atoms. The lowest BCUT2D eigenvalue weighted by Crippen LogP contribution is -2.49. The molecule has 2 aromatic rings. The van der Waals surface area contributed by atoms with Crippen LogP contribution in [0.4, 0.5) is 0 Å². The Hall–Kier alpha value is -2.79. The average Bonchev–Trinajstić information content (AvgIpc) is 2.83. The number of carbonyl (C=O) groups excluding carboxylic acids is 2. The summed E-state index contributed by atoms with van der Waals surface area (Å²) >= 11 is 5.99. The van der Waals surface area contributed by atoms with Gasteiger partial charge in [-0.2, -0.15) is 0 Å². The van der Waals surface area contributed by atoms with Crippen LogP contribution >= 0.6 is 11.6 Å². The van der Waals surface area contributed by atoms with Crippen molar-refractivity contribution >= 4 is 23.4 Å². The topological polar surface area (TPSA) is 58.6 Å². The Morgan fingerprint density at radius 1 is 1.09 bits per heavy atom. The first-order chi connectivity index (χ1) is 15.5. The predicted octanol–water partition coefficient (Wildman–Crippen LogP) is 5.14. The van der Waals surface area contributed by atoms with Gasteiger partial charge in [0.25, 0.3) is 5.91 Å². The van der Waals surface area contributed by atoms with E-state index in [-0.39, 0.29) is 18.4 Å². The minimum absolute atomic E-state index is 0.137. The second-order valence-electron chi connectivity index (χ2n) is 8.07. The van der Waals surface area contributed by atoms with E-state index < -0.39 is 6.04 Å². The molecule has 2 amide bonds. The van der Waals surface area contributed by atoms with Crippen LogP contribution in [0.15, 0.2) is 66.2 Å². The monoisotopic (exact) mass is 454 g/mol. The number of ether oxygens (including phenoxy) is 1. The van der Waals surface area contributed by atoms with E-state index in [2.05, 4.69) is 11.4 Å². The quantitative estimate of drug-likeness (QED) is 0.505. The predicted molar refractivity (Wildman–Crippen MR) is 128 cm³/mol. The van der Waals surface area contributed by atoms with Crippen molar-refractivity contribution < 1.29 is 14.3 Å². The van der Waals surface area contributed by atoms with E-state index in [0.717, 1.165) is 24.8 Å². The third kappa shape index (κ3) is 7.41. The van der Waals surface area contributed by atoms with Crippen LogP contribution in [-0.2, 0) is 16.1 Å². The van der Waals surface area contributed by atoms with Gasteiger partial charge in [-0.3, -0.25) is 9.59 Å². The molecule has 6 heteroatoms. The van der Waals surface area contributed by atoms with Crippen LogP contribution in [0.3, 0.4) is 0 Å². The summed E-state index contributed by atoms with van der Waals surface area (Å²) in [4.78, 5) is 27.5. The van der Waals surface area contributed by atoms with Crippen LogP contribution in [0.2, 0.25) is 5.02 Å². The van der Waals surface area contributed by atoms with E-state index >= 15 is 0 Å². The minimum Gasteiger partial charge on any atom is -0.484 e. The number of rotatable bonds is 10. The van der Waals surface area contributed by atoms with Gasteiger partial charge in [0.1, 0.15) is 11.8 Å². The average molecular weight is 455 g/mol. The van der Waals surface area contributed by atoms with Gasteiger partial charge in [0.15, 0.2) is 6.61 Å². The number of carbonyl (C=O) groups is 2. The van der Waals surface area contributed by atoms with Gasteiger partial charge in [-0.1, -0.05) is 53.6 Å². The van der Waals surface area contributed by atoms with Gasteiger partial charge >= 0.3 is 0 Å². The number of halogens is 1. The lowest BCUT2D eigenvalue weighted by Gasteiger charge is -2.29. The second kappa shape index (κ2) is 12.3. The summed E-state index contributed by atoms with van der Waals surface area (Å²) in [6.45, 7) is 2.50. The van der Waals surface area contributed by atoms with Gasteiger partial charge in [-0.05, 0) is 68.9 Å². The molecule has 0 spiro atoms. The lowest BCUT2D eigenvalue weighted by molar-refractivity contribution is -0.142. The molecule has 170 valence electrons. The fraction of sp³-hybridized carbons (Fsp3) is 0.385. The van der Waals surface area contributed by atoms with E-state index in [0.29, 0.717) is 23.9 Å². The number of nitrogens with one attached hydrogen (secondary N) is 1. The number of allylic oxidation sites excluding steroid dienone is 1. The van der Waals surface area contributed by atoms with E-state index in [1.807, 2.05) is 30.3 Å². The molecule has 0 saturated carbocycles. The lowest BCUT2D eigenvalue weighted by atomic mass is 9.97. The zero-order valence-electron chi connectivity index (χ0n) is 18.6. The SMILES string of the molecule is C[C@@H](C(=O)NCCC1=CCCCC1)N(Cc1ccc(Cl)cc1)C(=O)COc1ccccc1. The third-order valence-corrected chi connectivity index (χ3v) is 5.92. The number of para-hydroxylation sites is 1. The highest BCUT2D eigenvalue weighted by atomic mass is 35.5. The van der Waals surface area contributed by atoms with Crippen molar-refractivity contribution in [1.29, 1.82) is 0 Å². The van der Waals surface area contributed by atoms with Crippen molar-refractivity contribution in [1.82, 2.24) is 10.2 Å². The van der Waals surface area contributed by atoms with Crippen molar-refractivity contribution in [3.8, 4) is 5.75 Å². The molecule has 1 aliphatic rings. The molecule has 0 radical (unpaired) electrons. The highest BCUT2D eigenvalue weighted by Crippen LogP contribution is 2.19. The van der Waals surface area contributed by atoms with Crippen LogP contribution in [-0.4, -0.2) is 35.9 Å². The highest BCUT2D eigenvalue weighted by molar-refractivity contribution is 6.30. The number of hydrogen-bond donors (Lipinski definition) is 1. The van der Waals surface area contributed by atoms with Crippen molar-refractivity contribution in [3.05, 3.63) is 76.8 Å². The van der Waals surface area contributed by atoms with Crippen molar-refractivity contribution in [2.45, 2.75) is 51.6 Å². The van der Waals surface area contributed by atoms with Gasteiger partial charge in [-0.15, -0.1) is 0 Å². The molecule has 1 atom stereocenters. The standard InChI is InChI=1S/C26H31ClN2O3/c1-20(26(31)28-17-16-21-8-4-2-5-9-21)29(18-22-12-14-23(27)15-13-22)25(30)19-32-24-10-6-3-7-11-24/h3,6-8,10-15,20H,2,4-5,9,16-19H2,1H3,(H,28,31)/t20-/m0/s1.